The van der Waals surface area contributed by atoms with Gasteiger partial charge in [-0.05, 0) is 57.3 Å². The minimum Gasteiger partial charge on any atom is -0.446 e. The van der Waals surface area contributed by atoms with Crippen LogP contribution in [0.2, 0.25) is 0 Å². The van der Waals surface area contributed by atoms with Gasteiger partial charge in [0, 0.05) is 17.2 Å². The lowest BCUT2D eigenvalue weighted by Gasteiger charge is -2.19. The second kappa shape index (κ2) is 25.1. The molecule has 0 aromatic heterocycles. The highest BCUT2D eigenvalue weighted by Crippen LogP contribution is 2.20. The maximum atomic E-state index is 12.3. The quantitative estimate of drug-likeness (QED) is 0.175. The van der Waals surface area contributed by atoms with Gasteiger partial charge in [0.2, 0.25) is 0 Å². The Kier molecular flexibility index (Phi) is 27.4. The number of carbonyl (C=O) groups is 1. The number of allylic oxidation sites excluding steroid dienone is 7. The van der Waals surface area contributed by atoms with Crippen molar-refractivity contribution < 1.29 is 9.53 Å². The van der Waals surface area contributed by atoms with Gasteiger partial charge in [0.1, 0.15) is 6.10 Å². The van der Waals surface area contributed by atoms with E-state index in [0.29, 0.717) is 0 Å². The molecule has 0 radical (unpaired) electrons. The first-order valence-corrected chi connectivity index (χ1v) is 13.4. The summed E-state index contributed by atoms with van der Waals surface area (Å²) in [6.45, 7) is 20.5. The summed E-state index contributed by atoms with van der Waals surface area (Å²) in [6, 6.07) is 0. The van der Waals surface area contributed by atoms with Crippen molar-refractivity contribution in [3.05, 3.63) is 45.3 Å². The Bertz CT molecular complexity index is 623. The van der Waals surface area contributed by atoms with E-state index in [1.165, 1.54) is 12.0 Å². The summed E-state index contributed by atoms with van der Waals surface area (Å²) in [5, 5.41) is 2.94. The number of rotatable bonds is 12. The Balaban J connectivity index is -0.00000165. The highest BCUT2D eigenvalue weighted by molar-refractivity contribution is 9.12. The molecule has 1 unspecified atom stereocenters. The molecule has 0 saturated carbocycles. The van der Waals surface area contributed by atoms with Crippen LogP contribution in [0.5, 0.6) is 0 Å². The van der Waals surface area contributed by atoms with E-state index < -0.39 is 6.09 Å². The van der Waals surface area contributed by atoms with Crippen LogP contribution < -0.4 is 16.2 Å². The fourth-order valence-electron chi connectivity index (χ4n) is 2.65. The zero-order chi connectivity index (χ0) is 26.2. The average molecular weight is 531 g/mol. The molecule has 0 aliphatic heterocycles. The number of hydrogen-bond acceptors (Lipinski definition) is 4. The van der Waals surface area contributed by atoms with Crippen LogP contribution in [-0.2, 0) is 4.74 Å². The first-order chi connectivity index (χ1) is 15.7. The predicted molar refractivity (Wildman–Crippen MR) is 150 cm³/mol. The molecule has 0 heterocycles. The Morgan fingerprint density at radius 2 is 1.58 bits per heavy atom. The van der Waals surface area contributed by atoms with Crippen molar-refractivity contribution in [2.24, 2.45) is 0 Å². The van der Waals surface area contributed by atoms with Crippen molar-refractivity contribution in [1.29, 1.82) is 0 Å². The lowest BCUT2D eigenvalue weighted by Crippen LogP contribution is -2.34. The highest BCUT2D eigenvalue weighted by Gasteiger charge is 2.14. The van der Waals surface area contributed by atoms with Crippen LogP contribution in [0.3, 0.4) is 0 Å². The van der Waals surface area contributed by atoms with Gasteiger partial charge in [-0.2, -0.15) is 0 Å². The van der Waals surface area contributed by atoms with Crippen LogP contribution >= 0.6 is 15.9 Å². The summed E-state index contributed by atoms with van der Waals surface area (Å²) >= 11 is 3.62. The third-order valence-electron chi connectivity index (χ3n) is 4.07. The third-order valence-corrected chi connectivity index (χ3v) is 4.96. The second-order valence-corrected chi connectivity index (χ2v) is 8.33. The highest BCUT2D eigenvalue weighted by atomic mass is 79.9. The second-order valence-electron chi connectivity index (χ2n) is 7.47. The molecule has 0 fully saturated rings. The normalized spacial score (nSPS) is 13.5. The van der Waals surface area contributed by atoms with Gasteiger partial charge in [0.25, 0.3) is 0 Å². The van der Waals surface area contributed by atoms with Gasteiger partial charge < -0.3 is 10.2 Å². The number of nitrogens with one attached hydrogen (secondary N) is 3. The maximum Gasteiger partial charge on any atom is 0.411 e. The summed E-state index contributed by atoms with van der Waals surface area (Å²) in [5.74, 6) is 0. The molecule has 6 heteroatoms. The molecular weight excluding hydrogens is 478 g/mol. The molecule has 1 atom stereocenters. The lowest BCUT2D eigenvalue weighted by molar-refractivity contribution is 0.104. The predicted octanol–water partition coefficient (Wildman–Crippen LogP) is 8.66. The zero-order valence-electron chi connectivity index (χ0n) is 23.2. The summed E-state index contributed by atoms with van der Waals surface area (Å²) in [5.41, 5.74) is 9.98. The standard InChI is InChI=1S/C22H38BrN3O2.C3H8.C2H6/c1-8-11-16(4)19(23)15-14-17(5)21(26-24-7)20(13-10-3)25-22(27)28-18(6)12-9-2;1-3-2;1-2/h11,14-15,18,24,26H,8-10,12-13H2,1-7H3,(H,25,27);3H2,1-2H3;1-2H3/b16-11+,17-14+,19-15+,21-20+;;. The Hall–Kier alpha value is -1.53. The molecule has 33 heavy (non-hydrogen) atoms. The first-order valence-electron chi connectivity index (χ1n) is 12.6. The van der Waals surface area contributed by atoms with Gasteiger partial charge in [-0.15, -0.1) is 0 Å². The maximum absolute atomic E-state index is 12.3. The van der Waals surface area contributed by atoms with E-state index in [9.17, 15) is 4.79 Å². The molecule has 5 nitrogen and oxygen atoms in total. The SMILES string of the molecule is CC.CC/C=C(C)/C(Br)=C\C=C(C)\C(NNC)=C(\CCC)NC(=O)OC(C)CCC.CCC. The van der Waals surface area contributed by atoms with Gasteiger partial charge in [0.05, 0.1) is 5.70 Å². The van der Waals surface area contributed by atoms with E-state index in [1.807, 2.05) is 39.8 Å². The number of amides is 1. The van der Waals surface area contributed by atoms with E-state index in [1.54, 1.807) is 7.05 Å². The molecule has 0 aliphatic rings. The van der Waals surface area contributed by atoms with E-state index in [2.05, 4.69) is 79.7 Å². The number of hydrogen-bond donors (Lipinski definition) is 3. The van der Waals surface area contributed by atoms with Gasteiger partial charge in [0.15, 0.2) is 0 Å². The molecule has 0 bridgehead atoms. The smallest absolute Gasteiger partial charge is 0.411 e. The molecule has 194 valence electrons. The molecule has 0 saturated heterocycles. The average Bonchev–Trinajstić information content (AvgIpc) is 2.77. The Morgan fingerprint density at radius 3 is 2.03 bits per heavy atom. The van der Waals surface area contributed by atoms with Crippen molar-refractivity contribution in [3.8, 4) is 0 Å². The molecule has 0 spiro atoms. The van der Waals surface area contributed by atoms with E-state index >= 15 is 0 Å². The molecule has 3 N–H and O–H groups in total. The summed E-state index contributed by atoms with van der Waals surface area (Å²) < 4.78 is 6.49. The summed E-state index contributed by atoms with van der Waals surface area (Å²) in [4.78, 5) is 12.3. The van der Waals surface area contributed by atoms with Crippen LogP contribution in [0.1, 0.15) is 108 Å². The first kappa shape index (κ1) is 36.0. The molecule has 0 aromatic rings. The molecule has 1 amide bonds. The van der Waals surface area contributed by atoms with Crippen LogP contribution in [0.15, 0.2) is 45.3 Å². The van der Waals surface area contributed by atoms with Crippen LogP contribution in [-0.4, -0.2) is 19.2 Å². The number of halogens is 1. The Morgan fingerprint density at radius 1 is 1.00 bits per heavy atom. The van der Waals surface area contributed by atoms with Gasteiger partial charge in [-0.3, -0.25) is 5.32 Å². The summed E-state index contributed by atoms with van der Waals surface area (Å²) in [6.07, 6.45) is 11.4. The number of alkyl carbamates (subject to hydrolysis) is 1. The van der Waals surface area contributed by atoms with E-state index in [0.717, 1.165) is 53.6 Å². The third kappa shape index (κ3) is 19.6. The number of hydrazine groups is 1. The van der Waals surface area contributed by atoms with Crippen molar-refractivity contribution in [2.75, 3.05) is 7.05 Å². The van der Waals surface area contributed by atoms with E-state index in [4.69, 9.17) is 4.74 Å². The zero-order valence-corrected chi connectivity index (χ0v) is 24.8. The fourth-order valence-corrected chi connectivity index (χ4v) is 2.95. The summed E-state index contributed by atoms with van der Waals surface area (Å²) in [7, 11) is 1.80. The van der Waals surface area contributed by atoms with Gasteiger partial charge >= 0.3 is 6.09 Å². The topological polar surface area (TPSA) is 62.4 Å². The van der Waals surface area contributed by atoms with E-state index in [-0.39, 0.29) is 6.10 Å². The minimum absolute atomic E-state index is 0.0996. The monoisotopic (exact) mass is 529 g/mol. The van der Waals surface area contributed by atoms with Crippen LogP contribution in [0, 0.1) is 0 Å². The van der Waals surface area contributed by atoms with Gasteiger partial charge in [-0.25, -0.2) is 10.2 Å². The van der Waals surface area contributed by atoms with Crippen LogP contribution in [0.25, 0.3) is 0 Å². The molecule has 0 aliphatic carbocycles. The lowest BCUT2D eigenvalue weighted by atomic mass is 10.1. The minimum atomic E-state index is -0.411. The van der Waals surface area contributed by atoms with Crippen LogP contribution in [0.4, 0.5) is 4.79 Å². The molecule has 0 aromatic carbocycles. The van der Waals surface area contributed by atoms with Crippen molar-refractivity contribution in [2.45, 2.75) is 114 Å². The number of carbonyl (C=O) groups excluding carboxylic acids is 1. The van der Waals surface area contributed by atoms with Crippen molar-refractivity contribution in [3.63, 3.8) is 0 Å². The van der Waals surface area contributed by atoms with Crippen molar-refractivity contribution in [1.82, 2.24) is 16.2 Å². The Labute approximate surface area is 213 Å². The fraction of sp³-hybridized carbons (Fsp3) is 0.667. The largest absolute Gasteiger partial charge is 0.446 e. The molecular formula is C27H52BrN3O2. The van der Waals surface area contributed by atoms with Gasteiger partial charge in [-0.1, -0.05) is 95.8 Å². The van der Waals surface area contributed by atoms with Crippen molar-refractivity contribution >= 4 is 22.0 Å². The molecule has 0 rings (SSSR count). The number of ether oxygens (including phenoxy) is 1.